The van der Waals surface area contributed by atoms with Crippen LogP contribution in [-0.2, 0) is 0 Å². The van der Waals surface area contributed by atoms with Gasteiger partial charge in [0, 0.05) is 10.9 Å². The normalized spacial score (nSPS) is 21.0. The van der Waals surface area contributed by atoms with E-state index in [9.17, 15) is 4.79 Å². The maximum absolute atomic E-state index is 11.2. The Hall–Kier alpha value is -0.640. The van der Waals surface area contributed by atoms with Gasteiger partial charge in [0.15, 0.2) is 0 Å². The molecule has 0 aliphatic heterocycles. The molecule has 1 fully saturated rings. The third-order valence-electron chi connectivity index (χ3n) is 2.60. The molecule has 0 aromatic heterocycles. The SMILES string of the molecule is NC(=O)c1cc(Cl)ccc1OCC1CC1(Cl)Cl. The number of hydrogen-bond donors (Lipinski definition) is 1. The average Bonchev–Trinajstić information content (AvgIpc) is 2.84. The zero-order chi connectivity index (χ0) is 12.6. The molecule has 17 heavy (non-hydrogen) atoms. The van der Waals surface area contributed by atoms with Gasteiger partial charge in [-0.2, -0.15) is 0 Å². The van der Waals surface area contributed by atoms with Gasteiger partial charge in [-0.15, -0.1) is 23.2 Å². The summed E-state index contributed by atoms with van der Waals surface area (Å²) < 4.78 is 4.79. The van der Waals surface area contributed by atoms with E-state index >= 15 is 0 Å². The van der Waals surface area contributed by atoms with Gasteiger partial charge < -0.3 is 10.5 Å². The molecule has 6 heteroatoms. The smallest absolute Gasteiger partial charge is 0.252 e. The zero-order valence-electron chi connectivity index (χ0n) is 8.75. The molecule has 0 spiro atoms. The number of ether oxygens (including phenoxy) is 1. The van der Waals surface area contributed by atoms with Crippen molar-refractivity contribution in [1.82, 2.24) is 0 Å². The first-order chi connectivity index (χ1) is 7.90. The first kappa shape index (κ1) is 12.8. The number of rotatable bonds is 4. The summed E-state index contributed by atoms with van der Waals surface area (Å²) in [5.41, 5.74) is 5.49. The predicted molar refractivity (Wildman–Crippen MR) is 68.0 cm³/mol. The van der Waals surface area contributed by atoms with E-state index in [0.717, 1.165) is 0 Å². The van der Waals surface area contributed by atoms with Crippen molar-refractivity contribution in [2.75, 3.05) is 6.61 Å². The van der Waals surface area contributed by atoms with Crippen LogP contribution in [0.1, 0.15) is 16.8 Å². The number of benzene rings is 1. The highest BCUT2D eigenvalue weighted by atomic mass is 35.5. The summed E-state index contributed by atoms with van der Waals surface area (Å²) in [6.45, 7) is 0.356. The molecule has 2 N–H and O–H groups in total. The fraction of sp³-hybridized carbons (Fsp3) is 0.364. The topological polar surface area (TPSA) is 52.3 Å². The quantitative estimate of drug-likeness (QED) is 0.868. The van der Waals surface area contributed by atoms with E-state index in [4.69, 9.17) is 45.3 Å². The highest BCUT2D eigenvalue weighted by Crippen LogP contribution is 2.53. The molecule has 0 radical (unpaired) electrons. The maximum atomic E-state index is 11.2. The molecule has 1 aromatic carbocycles. The number of nitrogens with two attached hydrogens (primary N) is 1. The molecule has 1 aliphatic carbocycles. The highest BCUT2D eigenvalue weighted by Gasteiger charge is 2.52. The summed E-state index contributed by atoms with van der Waals surface area (Å²) in [7, 11) is 0. The van der Waals surface area contributed by atoms with E-state index in [2.05, 4.69) is 0 Å². The molecule has 0 bridgehead atoms. The number of amides is 1. The van der Waals surface area contributed by atoms with Crippen LogP contribution in [-0.4, -0.2) is 16.8 Å². The summed E-state index contributed by atoms with van der Waals surface area (Å²) in [5.74, 6) is -0.0959. The number of alkyl halides is 2. The van der Waals surface area contributed by atoms with Crippen LogP contribution in [0.25, 0.3) is 0 Å². The molecule has 1 atom stereocenters. The Morgan fingerprint density at radius 1 is 1.53 bits per heavy atom. The molecule has 1 unspecified atom stereocenters. The average molecular weight is 295 g/mol. The van der Waals surface area contributed by atoms with Gasteiger partial charge >= 0.3 is 0 Å². The van der Waals surface area contributed by atoms with Gasteiger partial charge in [-0.1, -0.05) is 11.6 Å². The van der Waals surface area contributed by atoms with Crippen LogP contribution >= 0.6 is 34.8 Å². The van der Waals surface area contributed by atoms with Crippen molar-refractivity contribution in [3.05, 3.63) is 28.8 Å². The van der Waals surface area contributed by atoms with Crippen molar-refractivity contribution in [2.24, 2.45) is 11.7 Å². The van der Waals surface area contributed by atoms with Gasteiger partial charge in [-0.3, -0.25) is 4.79 Å². The number of carbonyl (C=O) groups excluding carboxylic acids is 1. The third-order valence-corrected chi connectivity index (χ3v) is 3.76. The van der Waals surface area contributed by atoms with Crippen LogP contribution in [0.15, 0.2) is 18.2 Å². The van der Waals surface area contributed by atoms with Crippen LogP contribution < -0.4 is 10.5 Å². The number of carbonyl (C=O) groups is 1. The molecule has 3 nitrogen and oxygen atoms in total. The molecule has 1 amide bonds. The Balaban J connectivity index is 2.08. The Bertz CT molecular complexity index is 462. The largest absolute Gasteiger partial charge is 0.492 e. The van der Waals surface area contributed by atoms with E-state index in [1.807, 2.05) is 0 Å². The lowest BCUT2D eigenvalue weighted by molar-refractivity contribution is 0.0996. The summed E-state index contributed by atoms with van der Waals surface area (Å²) in [4.78, 5) is 11.2. The fourth-order valence-corrected chi connectivity index (χ4v) is 2.13. The van der Waals surface area contributed by atoms with E-state index in [0.29, 0.717) is 23.8 Å². The van der Waals surface area contributed by atoms with Crippen molar-refractivity contribution in [1.29, 1.82) is 0 Å². The monoisotopic (exact) mass is 293 g/mol. The van der Waals surface area contributed by atoms with Crippen LogP contribution in [0.2, 0.25) is 5.02 Å². The Morgan fingerprint density at radius 3 is 2.71 bits per heavy atom. The van der Waals surface area contributed by atoms with Crippen molar-refractivity contribution in [3.8, 4) is 5.75 Å². The summed E-state index contributed by atoms with van der Waals surface area (Å²) in [6, 6.07) is 4.71. The van der Waals surface area contributed by atoms with Crippen molar-refractivity contribution >= 4 is 40.7 Å². The number of hydrogen-bond acceptors (Lipinski definition) is 2. The Labute approximate surface area is 114 Å². The van der Waals surface area contributed by atoms with Gasteiger partial charge in [0.2, 0.25) is 0 Å². The summed E-state index contributed by atoms with van der Waals surface area (Å²) in [6.07, 6.45) is 0.690. The second-order valence-electron chi connectivity index (χ2n) is 3.98. The minimum atomic E-state index is -0.695. The second-order valence-corrected chi connectivity index (χ2v) is 5.96. The predicted octanol–water partition coefficient (Wildman–Crippen LogP) is 3.01. The first-order valence-electron chi connectivity index (χ1n) is 5.00. The third kappa shape index (κ3) is 2.97. The van der Waals surface area contributed by atoms with E-state index in [1.165, 1.54) is 6.07 Å². The lowest BCUT2D eigenvalue weighted by Gasteiger charge is -2.09. The number of primary amides is 1. The van der Waals surface area contributed by atoms with Crippen molar-refractivity contribution in [2.45, 2.75) is 10.8 Å². The van der Waals surface area contributed by atoms with Gasteiger partial charge in [-0.25, -0.2) is 0 Å². The summed E-state index contributed by atoms with van der Waals surface area (Å²) in [5, 5.41) is 0.432. The van der Waals surface area contributed by atoms with Gasteiger partial charge in [0.1, 0.15) is 10.1 Å². The minimum absolute atomic E-state index is 0.0854. The highest BCUT2D eigenvalue weighted by molar-refractivity contribution is 6.50. The van der Waals surface area contributed by atoms with E-state index in [1.54, 1.807) is 12.1 Å². The molecule has 0 saturated heterocycles. The lowest BCUT2D eigenvalue weighted by atomic mass is 10.2. The second kappa shape index (κ2) is 4.56. The Morgan fingerprint density at radius 2 is 2.18 bits per heavy atom. The van der Waals surface area contributed by atoms with Gasteiger partial charge in [-0.05, 0) is 24.6 Å². The van der Waals surface area contributed by atoms with Crippen LogP contribution in [0.5, 0.6) is 5.75 Å². The molecular weight excluding hydrogens is 284 g/mol. The Kier molecular flexibility index (Phi) is 3.43. The minimum Gasteiger partial charge on any atom is -0.492 e. The molecule has 1 aliphatic rings. The fourth-order valence-electron chi connectivity index (χ4n) is 1.46. The van der Waals surface area contributed by atoms with Gasteiger partial charge in [0.25, 0.3) is 5.91 Å². The van der Waals surface area contributed by atoms with Crippen LogP contribution in [0.3, 0.4) is 0 Å². The molecule has 1 aromatic rings. The van der Waals surface area contributed by atoms with Crippen LogP contribution in [0.4, 0.5) is 0 Å². The molecule has 2 rings (SSSR count). The standard InChI is InChI=1S/C11H10Cl3NO2/c12-7-1-2-9(8(3-7)10(15)16)17-5-6-4-11(6,13)14/h1-3,6H,4-5H2,(H2,15,16). The van der Waals surface area contributed by atoms with Crippen molar-refractivity contribution < 1.29 is 9.53 Å². The van der Waals surface area contributed by atoms with Crippen molar-refractivity contribution in [3.63, 3.8) is 0 Å². The number of halogens is 3. The zero-order valence-corrected chi connectivity index (χ0v) is 11.0. The molecule has 0 heterocycles. The summed E-state index contributed by atoms with van der Waals surface area (Å²) >= 11 is 17.5. The van der Waals surface area contributed by atoms with E-state index < -0.39 is 10.2 Å². The molecule has 92 valence electrons. The lowest BCUT2D eigenvalue weighted by Crippen LogP contribution is -2.14. The van der Waals surface area contributed by atoms with E-state index in [-0.39, 0.29) is 11.5 Å². The maximum Gasteiger partial charge on any atom is 0.252 e. The first-order valence-corrected chi connectivity index (χ1v) is 6.13. The van der Waals surface area contributed by atoms with Crippen LogP contribution in [0, 0.1) is 5.92 Å². The molecular formula is C11H10Cl3NO2. The van der Waals surface area contributed by atoms with Gasteiger partial charge in [0.05, 0.1) is 12.2 Å². The molecule has 1 saturated carbocycles.